The molecule has 1 aromatic heterocycles. The number of carbonyl (C=O) groups is 2. The van der Waals surface area contributed by atoms with Gasteiger partial charge < -0.3 is 10.4 Å². The number of benzene rings is 2. The molecule has 27 heavy (non-hydrogen) atoms. The SMILES string of the molecule is O=C(O)c1ccc(NC(=O)C(Cc2ccccc2)c2ccc(Br)cn2)cc1. The Hall–Kier alpha value is -2.99. The highest BCUT2D eigenvalue weighted by atomic mass is 79.9. The molecule has 0 saturated heterocycles. The summed E-state index contributed by atoms with van der Waals surface area (Å²) in [5.74, 6) is -1.68. The van der Waals surface area contributed by atoms with Crippen molar-refractivity contribution in [2.75, 3.05) is 5.32 Å². The van der Waals surface area contributed by atoms with Crippen LogP contribution in [0.4, 0.5) is 5.69 Å². The molecule has 1 unspecified atom stereocenters. The lowest BCUT2D eigenvalue weighted by molar-refractivity contribution is -0.117. The summed E-state index contributed by atoms with van der Waals surface area (Å²) in [6, 6.07) is 19.5. The Kier molecular flexibility index (Phi) is 5.98. The van der Waals surface area contributed by atoms with Gasteiger partial charge >= 0.3 is 5.97 Å². The molecule has 1 amide bonds. The van der Waals surface area contributed by atoms with Gasteiger partial charge in [-0.1, -0.05) is 30.3 Å². The number of carboxylic acid groups (broad SMARTS) is 1. The number of carboxylic acids is 1. The summed E-state index contributed by atoms with van der Waals surface area (Å²) in [6.45, 7) is 0. The van der Waals surface area contributed by atoms with E-state index < -0.39 is 11.9 Å². The minimum absolute atomic E-state index is 0.170. The van der Waals surface area contributed by atoms with Crippen LogP contribution in [0.1, 0.15) is 27.5 Å². The number of hydrogen-bond donors (Lipinski definition) is 2. The highest BCUT2D eigenvalue weighted by Crippen LogP contribution is 2.23. The smallest absolute Gasteiger partial charge is 0.335 e. The fourth-order valence-corrected chi connectivity index (χ4v) is 2.93. The van der Waals surface area contributed by atoms with Crippen LogP contribution in [-0.4, -0.2) is 22.0 Å². The van der Waals surface area contributed by atoms with Gasteiger partial charge in [-0.15, -0.1) is 0 Å². The quantitative estimate of drug-likeness (QED) is 0.609. The van der Waals surface area contributed by atoms with Crippen LogP contribution in [0.25, 0.3) is 0 Å². The third-order valence-corrected chi connectivity index (χ3v) is 4.57. The summed E-state index contributed by atoms with van der Waals surface area (Å²) in [5, 5.41) is 11.8. The number of halogens is 1. The molecule has 1 atom stereocenters. The second-order valence-corrected chi connectivity index (χ2v) is 6.93. The van der Waals surface area contributed by atoms with E-state index in [2.05, 4.69) is 26.2 Å². The molecule has 0 radical (unpaired) electrons. The van der Waals surface area contributed by atoms with E-state index in [0.29, 0.717) is 17.8 Å². The molecular weight excluding hydrogens is 408 g/mol. The Bertz CT molecular complexity index is 926. The van der Waals surface area contributed by atoms with Crippen LogP contribution in [0.15, 0.2) is 77.4 Å². The molecule has 6 heteroatoms. The maximum Gasteiger partial charge on any atom is 0.335 e. The average molecular weight is 425 g/mol. The minimum Gasteiger partial charge on any atom is -0.478 e. The van der Waals surface area contributed by atoms with Gasteiger partial charge in [0.05, 0.1) is 17.2 Å². The predicted molar refractivity (Wildman–Crippen MR) is 107 cm³/mol. The molecule has 136 valence electrons. The Morgan fingerprint density at radius 2 is 1.70 bits per heavy atom. The summed E-state index contributed by atoms with van der Waals surface area (Å²) in [7, 11) is 0. The summed E-state index contributed by atoms with van der Waals surface area (Å²) in [6.07, 6.45) is 2.18. The van der Waals surface area contributed by atoms with Crippen LogP contribution < -0.4 is 5.32 Å². The Morgan fingerprint density at radius 3 is 2.30 bits per heavy atom. The molecule has 0 fully saturated rings. The molecule has 2 aromatic carbocycles. The van der Waals surface area contributed by atoms with Gasteiger partial charge in [0.25, 0.3) is 0 Å². The van der Waals surface area contributed by atoms with Gasteiger partial charge in [0.2, 0.25) is 5.91 Å². The van der Waals surface area contributed by atoms with E-state index in [1.807, 2.05) is 42.5 Å². The third-order valence-electron chi connectivity index (χ3n) is 4.11. The van der Waals surface area contributed by atoms with Crippen molar-refractivity contribution < 1.29 is 14.7 Å². The van der Waals surface area contributed by atoms with Gasteiger partial charge in [0.1, 0.15) is 0 Å². The van der Waals surface area contributed by atoms with Gasteiger partial charge in [-0.3, -0.25) is 9.78 Å². The summed E-state index contributed by atoms with van der Waals surface area (Å²) < 4.78 is 0.842. The first-order chi connectivity index (χ1) is 13.0. The molecule has 0 aliphatic rings. The topological polar surface area (TPSA) is 79.3 Å². The summed E-state index contributed by atoms with van der Waals surface area (Å²) in [5.41, 5.74) is 2.41. The minimum atomic E-state index is -1.01. The molecule has 3 rings (SSSR count). The number of nitrogens with zero attached hydrogens (tertiary/aromatic N) is 1. The monoisotopic (exact) mass is 424 g/mol. The molecular formula is C21H17BrN2O3. The number of rotatable bonds is 6. The van der Waals surface area contributed by atoms with Crippen molar-refractivity contribution in [3.05, 3.63) is 94.2 Å². The number of carbonyl (C=O) groups excluding carboxylic acids is 1. The second-order valence-electron chi connectivity index (χ2n) is 6.02. The fraction of sp³-hybridized carbons (Fsp3) is 0.0952. The maximum absolute atomic E-state index is 12.9. The Labute approximate surface area is 165 Å². The first-order valence-corrected chi connectivity index (χ1v) is 9.12. The Morgan fingerprint density at radius 1 is 1.00 bits per heavy atom. The molecule has 5 nitrogen and oxygen atoms in total. The van der Waals surface area contributed by atoms with Crippen LogP contribution in [-0.2, 0) is 11.2 Å². The van der Waals surface area contributed by atoms with E-state index >= 15 is 0 Å². The van der Waals surface area contributed by atoms with Crippen molar-refractivity contribution in [3.8, 4) is 0 Å². The summed E-state index contributed by atoms with van der Waals surface area (Å²) >= 11 is 3.36. The summed E-state index contributed by atoms with van der Waals surface area (Å²) in [4.78, 5) is 28.3. The number of hydrogen-bond acceptors (Lipinski definition) is 3. The van der Waals surface area contributed by atoms with E-state index in [1.165, 1.54) is 12.1 Å². The van der Waals surface area contributed by atoms with Gasteiger partial charge in [-0.05, 0) is 64.3 Å². The normalized spacial score (nSPS) is 11.6. The van der Waals surface area contributed by atoms with E-state index in [1.54, 1.807) is 18.3 Å². The number of pyridine rings is 1. The molecule has 2 N–H and O–H groups in total. The lowest BCUT2D eigenvalue weighted by Gasteiger charge is -2.17. The number of aromatic carboxylic acids is 1. The van der Waals surface area contributed by atoms with Crippen LogP contribution in [0.2, 0.25) is 0 Å². The number of aromatic nitrogens is 1. The zero-order valence-electron chi connectivity index (χ0n) is 14.3. The first kappa shape index (κ1) is 18.8. The van der Waals surface area contributed by atoms with Crippen LogP contribution in [0, 0.1) is 0 Å². The van der Waals surface area contributed by atoms with E-state index in [9.17, 15) is 9.59 Å². The molecule has 0 bridgehead atoms. The van der Waals surface area contributed by atoms with Gasteiger partial charge in [-0.25, -0.2) is 4.79 Å². The number of anilines is 1. The van der Waals surface area contributed by atoms with Gasteiger partial charge in [0.15, 0.2) is 0 Å². The van der Waals surface area contributed by atoms with Crippen molar-refractivity contribution in [3.63, 3.8) is 0 Å². The highest BCUT2D eigenvalue weighted by molar-refractivity contribution is 9.10. The van der Waals surface area contributed by atoms with Crippen molar-refractivity contribution in [1.29, 1.82) is 0 Å². The fourth-order valence-electron chi connectivity index (χ4n) is 2.70. The van der Waals surface area contributed by atoms with E-state index in [-0.39, 0.29) is 11.5 Å². The van der Waals surface area contributed by atoms with Crippen LogP contribution in [0.3, 0.4) is 0 Å². The number of amides is 1. The van der Waals surface area contributed by atoms with E-state index in [4.69, 9.17) is 5.11 Å². The molecule has 0 aliphatic carbocycles. The van der Waals surface area contributed by atoms with Crippen molar-refractivity contribution in [2.45, 2.75) is 12.3 Å². The molecule has 0 spiro atoms. The average Bonchev–Trinajstić information content (AvgIpc) is 2.68. The molecule has 0 aliphatic heterocycles. The van der Waals surface area contributed by atoms with Gasteiger partial charge in [-0.2, -0.15) is 0 Å². The van der Waals surface area contributed by atoms with Crippen molar-refractivity contribution >= 4 is 33.5 Å². The first-order valence-electron chi connectivity index (χ1n) is 8.32. The maximum atomic E-state index is 12.9. The molecule has 0 saturated carbocycles. The highest BCUT2D eigenvalue weighted by Gasteiger charge is 2.23. The number of nitrogens with one attached hydrogen (secondary N) is 1. The predicted octanol–water partition coefficient (Wildman–Crippen LogP) is 4.51. The second kappa shape index (κ2) is 8.60. The van der Waals surface area contributed by atoms with Gasteiger partial charge in [0, 0.05) is 16.4 Å². The van der Waals surface area contributed by atoms with E-state index in [0.717, 1.165) is 10.0 Å². The standard InChI is InChI=1S/C21H17BrN2O3/c22-16-8-11-19(23-13-16)18(12-14-4-2-1-3-5-14)20(25)24-17-9-6-15(7-10-17)21(26)27/h1-11,13,18H,12H2,(H,24,25)(H,26,27). The lowest BCUT2D eigenvalue weighted by Crippen LogP contribution is -2.24. The van der Waals surface area contributed by atoms with Crippen molar-refractivity contribution in [1.82, 2.24) is 4.98 Å². The molecule has 1 heterocycles. The lowest BCUT2D eigenvalue weighted by atomic mass is 9.94. The third kappa shape index (κ3) is 5.01. The zero-order chi connectivity index (χ0) is 19.2. The largest absolute Gasteiger partial charge is 0.478 e. The Balaban J connectivity index is 1.83. The van der Waals surface area contributed by atoms with Crippen molar-refractivity contribution in [2.24, 2.45) is 0 Å². The zero-order valence-corrected chi connectivity index (χ0v) is 15.9. The molecule has 3 aromatic rings. The van der Waals surface area contributed by atoms with Crippen LogP contribution >= 0.6 is 15.9 Å². The van der Waals surface area contributed by atoms with Crippen LogP contribution in [0.5, 0.6) is 0 Å².